The lowest BCUT2D eigenvalue weighted by molar-refractivity contribution is -0.139. The first-order valence-electron chi connectivity index (χ1n) is 6.69. The summed E-state index contributed by atoms with van der Waals surface area (Å²) in [6.07, 6.45) is 1.65. The number of rotatable bonds is 3. The van der Waals surface area contributed by atoms with Gasteiger partial charge in [0.15, 0.2) is 0 Å². The monoisotopic (exact) mass is 281 g/mol. The Bertz CT molecular complexity index is 444. The molecule has 1 amide bonds. The third kappa shape index (κ3) is 3.48. The smallest absolute Gasteiger partial charge is 0.226 e. The van der Waals surface area contributed by atoms with Crippen molar-refractivity contribution in [3.8, 4) is 0 Å². The molecule has 0 N–H and O–H groups in total. The van der Waals surface area contributed by atoms with Crippen molar-refractivity contribution in [1.29, 1.82) is 0 Å². The summed E-state index contributed by atoms with van der Waals surface area (Å²) in [5.74, 6) is 0.302. The molecule has 0 spiro atoms. The highest BCUT2D eigenvalue weighted by Crippen LogP contribution is 2.25. The van der Waals surface area contributed by atoms with Crippen LogP contribution in [0.4, 0.5) is 0 Å². The third-order valence-electron chi connectivity index (χ3n) is 3.83. The molecule has 0 saturated carbocycles. The second-order valence-electron chi connectivity index (χ2n) is 5.07. The number of halogens is 1. The zero-order chi connectivity index (χ0) is 13.8. The largest absolute Gasteiger partial charge is 0.381 e. The third-order valence-corrected chi connectivity index (χ3v) is 4.07. The average molecular weight is 282 g/mol. The van der Waals surface area contributed by atoms with E-state index in [1.54, 1.807) is 0 Å². The van der Waals surface area contributed by atoms with Crippen LogP contribution in [0.25, 0.3) is 0 Å². The summed E-state index contributed by atoms with van der Waals surface area (Å²) < 4.78 is 5.30. The number of nitrogens with zero attached hydrogens (tertiary/aromatic N) is 1. The number of hydrogen-bond donors (Lipinski definition) is 0. The van der Waals surface area contributed by atoms with Crippen LogP contribution in [0.2, 0.25) is 5.02 Å². The fourth-order valence-corrected chi connectivity index (χ4v) is 2.61. The Morgan fingerprint density at radius 1 is 1.42 bits per heavy atom. The van der Waals surface area contributed by atoms with Crippen molar-refractivity contribution >= 4 is 17.5 Å². The zero-order valence-electron chi connectivity index (χ0n) is 11.4. The van der Waals surface area contributed by atoms with E-state index in [1.807, 2.05) is 43.1 Å². The van der Waals surface area contributed by atoms with Crippen molar-refractivity contribution in [2.75, 3.05) is 20.3 Å². The average Bonchev–Trinajstić information content (AvgIpc) is 2.46. The molecule has 1 aliphatic heterocycles. The van der Waals surface area contributed by atoms with Gasteiger partial charge >= 0.3 is 0 Å². The van der Waals surface area contributed by atoms with Gasteiger partial charge < -0.3 is 9.64 Å². The molecule has 1 atom stereocenters. The molecule has 19 heavy (non-hydrogen) atoms. The van der Waals surface area contributed by atoms with Crippen LogP contribution in [0.3, 0.4) is 0 Å². The van der Waals surface area contributed by atoms with E-state index in [9.17, 15) is 4.79 Å². The van der Waals surface area contributed by atoms with E-state index in [0.717, 1.165) is 18.4 Å². The lowest BCUT2D eigenvalue weighted by atomic mass is 9.97. The van der Waals surface area contributed by atoms with Crippen LogP contribution in [-0.4, -0.2) is 31.1 Å². The van der Waals surface area contributed by atoms with Gasteiger partial charge in [0.2, 0.25) is 5.91 Å². The SMILES string of the molecule is CC(c1cccc(Cl)c1)N(C)C(=O)C1CCOCC1. The topological polar surface area (TPSA) is 29.5 Å². The maximum absolute atomic E-state index is 12.4. The lowest BCUT2D eigenvalue weighted by Crippen LogP contribution is -2.37. The fraction of sp³-hybridized carbons (Fsp3) is 0.533. The van der Waals surface area contributed by atoms with Crippen LogP contribution in [0.15, 0.2) is 24.3 Å². The summed E-state index contributed by atoms with van der Waals surface area (Å²) in [6, 6.07) is 7.72. The van der Waals surface area contributed by atoms with Gasteiger partial charge in [-0.15, -0.1) is 0 Å². The van der Waals surface area contributed by atoms with E-state index in [2.05, 4.69) is 0 Å². The number of carbonyl (C=O) groups excluding carboxylic acids is 1. The van der Waals surface area contributed by atoms with Gasteiger partial charge in [-0.25, -0.2) is 0 Å². The molecule has 1 unspecified atom stereocenters. The van der Waals surface area contributed by atoms with E-state index in [0.29, 0.717) is 18.2 Å². The fourth-order valence-electron chi connectivity index (χ4n) is 2.41. The Kier molecular flexibility index (Phi) is 4.83. The van der Waals surface area contributed by atoms with Gasteiger partial charge in [-0.05, 0) is 37.5 Å². The Morgan fingerprint density at radius 3 is 2.74 bits per heavy atom. The molecule has 0 aliphatic carbocycles. The van der Waals surface area contributed by atoms with Crippen LogP contribution >= 0.6 is 11.6 Å². The van der Waals surface area contributed by atoms with Gasteiger partial charge in [-0.1, -0.05) is 23.7 Å². The quantitative estimate of drug-likeness (QED) is 0.851. The van der Waals surface area contributed by atoms with Crippen molar-refractivity contribution in [2.24, 2.45) is 5.92 Å². The highest BCUT2D eigenvalue weighted by Gasteiger charge is 2.27. The number of ether oxygens (including phenoxy) is 1. The van der Waals surface area contributed by atoms with Gasteiger partial charge in [0.1, 0.15) is 0 Å². The van der Waals surface area contributed by atoms with Crippen LogP contribution < -0.4 is 0 Å². The highest BCUT2D eigenvalue weighted by molar-refractivity contribution is 6.30. The van der Waals surface area contributed by atoms with Gasteiger partial charge in [0, 0.05) is 31.2 Å². The zero-order valence-corrected chi connectivity index (χ0v) is 12.2. The molecule has 1 aliphatic rings. The molecule has 1 saturated heterocycles. The molecule has 3 nitrogen and oxygen atoms in total. The number of hydrogen-bond acceptors (Lipinski definition) is 2. The predicted octanol–water partition coefficient (Wildman–Crippen LogP) is 3.29. The molecular formula is C15H20ClNO2. The second-order valence-corrected chi connectivity index (χ2v) is 5.50. The molecule has 4 heteroatoms. The van der Waals surface area contributed by atoms with E-state index in [4.69, 9.17) is 16.3 Å². The highest BCUT2D eigenvalue weighted by atomic mass is 35.5. The van der Waals surface area contributed by atoms with Gasteiger partial charge in [0.25, 0.3) is 0 Å². The van der Waals surface area contributed by atoms with Crippen LogP contribution in [0.5, 0.6) is 0 Å². The first-order valence-corrected chi connectivity index (χ1v) is 7.07. The van der Waals surface area contributed by atoms with E-state index < -0.39 is 0 Å². The van der Waals surface area contributed by atoms with Gasteiger partial charge in [-0.3, -0.25) is 4.79 Å². The molecule has 1 aromatic rings. The molecule has 104 valence electrons. The minimum absolute atomic E-state index is 0.0362. The minimum Gasteiger partial charge on any atom is -0.381 e. The van der Waals surface area contributed by atoms with Crippen molar-refractivity contribution in [3.63, 3.8) is 0 Å². The number of carbonyl (C=O) groups is 1. The molecule has 1 aromatic carbocycles. The van der Waals surface area contributed by atoms with Crippen LogP contribution in [-0.2, 0) is 9.53 Å². The molecule has 1 fully saturated rings. The number of amides is 1. The molecule has 0 aromatic heterocycles. The maximum atomic E-state index is 12.4. The molecule has 0 bridgehead atoms. The Hall–Kier alpha value is -1.06. The number of benzene rings is 1. The van der Waals surface area contributed by atoms with E-state index in [1.165, 1.54) is 0 Å². The molecule has 2 rings (SSSR count). The van der Waals surface area contributed by atoms with Crippen LogP contribution in [0, 0.1) is 5.92 Å². The summed E-state index contributed by atoms with van der Waals surface area (Å²) in [5.41, 5.74) is 1.07. The Balaban J connectivity index is 2.05. The summed E-state index contributed by atoms with van der Waals surface area (Å²) >= 11 is 6.00. The van der Waals surface area contributed by atoms with Gasteiger partial charge in [-0.2, -0.15) is 0 Å². The van der Waals surface area contributed by atoms with E-state index in [-0.39, 0.29) is 17.9 Å². The van der Waals surface area contributed by atoms with Gasteiger partial charge in [0.05, 0.1) is 6.04 Å². The standard InChI is InChI=1S/C15H20ClNO2/c1-11(13-4-3-5-14(16)10-13)17(2)15(18)12-6-8-19-9-7-12/h3-5,10-12H,6-9H2,1-2H3. The predicted molar refractivity (Wildman–Crippen MR) is 76.2 cm³/mol. The van der Waals surface area contributed by atoms with Crippen molar-refractivity contribution in [1.82, 2.24) is 4.90 Å². The normalized spacial score (nSPS) is 18.1. The first kappa shape index (κ1) is 14.4. The van der Waals surface area contributed by atoms with Crippen molar-refractivity contribution < 1.29 is 9.53 Å². The summed E-state index contributed by atoms with van der Waals surface area (Å²) in [5, 5.41) is 0.705. The van der Waals surface area contributed by atoms with Crippen LogP contribution in [0.1, 0.15) is 31.4 Å². The van der Waals surface area contributed by atoms with Crippen molar-refractivity contribution in [2.45, 2.75) is 25.8 Å². The second kappa shape index (κ2) is 6.40. The Labute approximate surface area is 119 Å². The summed E-state index contributed by atoms with van der Waals surface area (Å²) in [4.78, 5) is 14.3. The molecule has 0 radical (unpaired) electrons. The minimum atomic E-state index is 0.0362. The Morgan fingerprint density at radius 2 is 2.11 bits per heavy atom. The summed E-state index contributed by atoms with van der Waals surface area (Å²) in [7, 11) is 1.86. The van der Waals surface area contributed by atoms with E-state index >= 15 is 0 Å². The molecular weight excluding hydrogens is 262 g/mol. The first-order chi connectivity index (χ1) is 9.09. The van der Waals surface area contributed by atoms with Crippen molar-refractivity contribution in [3.05, 3.63) is 34.9 Å². The molecule has 1 heterocycles. The maximum Gasteiger partial charge on any atom is 0.226 e. The summed E-state index contributed by atoms with van der Waals surface area (Å²) in [6.45, 7) is 3.41. The lowest BCUT2D eigenvalue weighted by Gasteiger charge is -2.31.